The molecule has 0 saturated carbocycles. The number of aromatic nitrogens is 2. The zero-order valence-corrected chi connectivity index (χ0v) is 15.0. The molecule has 0 aliphatic carbocycles. The smallest absolute Gasteiger partial charge is 0.274 e. The first kappa shape index (κ1) is 17.0. The molecule has 0 unspecified atom stereocenters. The highest BCUT2D eigenvalue weighted by Crippen LogP contribution is 2.28. The number of nitrogens with one attached hydrogen (secondary N) is 2. The third-order valence-electron chi connectivity index (χ3n) is 5.30. The maximum absolute atomic E-state index is 12.6. The molecule has 132 valence electrons. The molecule has 2 amide bonds. The van der Waals surface area contributed by atoms with Gasteiger partial charge < -0.3 is 15.5 Å². The van der Waals surface area contributed by atoms with Gasteiger partial charge in [-0.2, -0.15) is 5.10 Å². The first-order valence-electron chi connectivity index (χ1n) is 8.56. The topological polar surface area (TPSA) is 79.3 Å². The zero-order valence-electron chi connectivity index (χ0n) is 15.0. The molecule has 2 saturated heterocycles. The standard InChI is InChI=1S/C17H27N5O2/c1-12-9-13(20-21(12)4)14(23)22-7-5-17(6-8-22)15(24)18-10-16(2,3)11-19-17/h9,19H,5-8,10-11H2,1-4H3,(H,18,24). The molecule has 0 atom stereocenters. The summed E-state index contributed by atoms with van der Waals surface area (Å²) in [4.78, 5) is 27.0. The van der Waals surface area contributed by atoms with Crippen LogP contribution in [-0.2, 0) is 11.8 Å². The minimum atomic E-state index is -0.551. The number of likely N-dealkylation sites (tertiary alicyclic amines) is 1. The SMILES string of the molecule is Cc1cc(C(=O)N2CCC3(CC2)NCC(C)(C)CNC3=O)nn1C. The largest absolute Gasteiger partial charge is 0.354 e. The van der Waals surface area contributed by atoms with Crippen molar-refractivity contribution in [3.8, 4) is 0 Å². The first-order chi connectivity index (χ1) is 11.2. The van der Waals surface area contributed by atoms with Crippen molar-refractivity contribution in [1.82, 2.24) is 25.3 Å². The fourth-order valence-corrected chi connectivity index (χ4v) is 3.36. The summed E-state index contributed by atoms with van der Waals surface area (Å²) in [6.45, 7) is 8.80. The van der Waals surface area contributed by atoms with Crippen LogP contribution in [0.25, 0.3) is 0 Å². The van der Waals surface area contributed by atoms with E-state index in [1.807, 2.05) is 20.0 Å². The van der Waals surface area contributed by atoms with Gasteiger partial charge in [0.2, 0.25) is 5.91 Å². The molecular formula is C17H27N5O2. The van der Waals surface area contributed by atoms with Crippen molar-refractivity contribution in [2.75, 3.05) is 26.2 Å². The summed E-state index contributed by atoms with van der Waals surface area (Å²) in [6.07, 6.45) is 1.26. The van der Waals surface area contributed by atoms with Crippen LogP contribution in [0, 0.1) is 12.3 Å². The highest BCUT2D eigenvalue weighted by molar-refractivity contribution is 5.93. The number of piperidine rings is 1. The summed E-state index contributed by atoms with van der Waals surface area (Å²) in [7, 11) is 1.83. The Morgan fingerprint density at radius 2 is 1.92 bits per heavy atom. The van der Waals surface area contributed by atoms with Crippen LogP contribution in [0.15, 0.2) is 6.07 Å². The summed E-state index contributed by atoms with van der Waals surface area (Å²) in [5.74, 6) is 0.0109. The van der Waals surface area contributed by atoms with Crippen molar-refractivity contribution in [2.45, 2.75) is 39.2 Å². The summed E-state index contributed by atoms with van der Waals surface area (Å²) in [5.41, 5.74) is 0.923. The van der Waals surface area contributed by atoms with Gasteiger partial charge in [0.1, 0.15) is 5.54 Å². The highest BCUT2D eigenvalue weighted by Gasteiger charge is 2.45. The van der Waals surface area contributed by atoms with Crippen LogP contribution in [0.1, 0.15) is 42.9 Å². The van der Waals surface area contributed by atoms with E-state index >= 15 is 0 Å². The molecule has 0 aromatic carbocycles. The van der Waals surface area contributed by atoms with Crippen molar-refractivity contribution >= 4 is 11.8 Å². The Morgan fingerprint density at radius 1 is 1.25 bits per heavy atom. The average molecular weight is 333 g/mol. The molecule has 2 fully saturated rings. The van der Waals surface area contributed by atoms with E-state index in [2.05, 4.69) is 29.6 Å². The number of hydrogen-bond acceptors (Lipinski definition) is 4. The normalized spacial score (nSPS) is 23.0. The molecule has 1 aromatic rings. The molecule has 2 N–H and O–H groups in total. The van der Waals surface area contributed by atoms with Crippen LogP contribution in [0.2, 0.25) is 0 Å². The number of rotatable bonds is 1. The number of hydrogen-bond donors (Lipinski definition) is 2. The molecule has 0 radical (unpaired) electrons. The van der Waals surface area contributed by atoms with Gasteiger partial charge in [-0.3, -0.25) is 14.3 Å². The fourth-order valence-electron chi connectivity index (χ4n) is 3.36. The number of carbonyl (C=O) groups excluding carboxylic acids is 2. The molecule has 2 aliphatic rings. The van der Waals surface area contributed by atoms with Crippen LogP contribution in [0.4, 0.5) is 0 Å². The molecule has 24 heavy (non-hydrogen) atoms. The first-order valence-corrected chi connectivity index (χ1v) is 8.56. The van der Waals surface area contributed by atoms with Gasteiger partial charge in [0, 0.05) is 38.9 Å². The molecule has 3 heterocycles. The van der Waals surface area contributed by atoms with Crippen molar-refractivity contribution in [1.29, 1.82) is 0 Å². The van der Waals surface area contributed by atoms with Crippen LogP contribution >= 0.6 is 0 Å². The minimum absolute atomic E-state index is 0.0393. The van der Waals surface area contributed by atoms with E-state index in [9.17, 15) is 9.59 Å². The van der Waals surface area contributed by atoms with Crippen LogP contribution in [0.3, 0.4) is 0 Å². The molecule has 7 heteroatoms. The van der Waals surface area contributed by atoms with E-state index in [1.165, 1.54) is 0 Å². The number of amides is 2. The molecule has 0 bridgehead atoms. The van der Waals surface area contributed by atoms with Gasteiger partial charge in [0.15, 0.2) is 5.69 Å². The lowest BCUT2D eigenvalue weighted by molar-refractivity contribution is -0.128. The van der Waals surface area contributed by atoms with Crippen molar-refractivity contribution in [2.24, 2.45) is 12.5 Å². The van der Waals surface area contributed by atoms with Crippen molar-refractivity contribution < 1.29 is 9.59 Å². The van der Waals surface area contributed by atoms with Crippen LogP contribution in [-0.4, -0.2) is 58.2 Å². The Bertz CT molecular complexity index is 636. The maximum atomic E-state index is 12.6. The second-order valence-electron chi connectivity index (χ2n) is 7.87. The molecule has 3 rings (SSSR count). The third kappa shape index (κ3) is 3.05. The van der Waals surface area contributed by atoms with Crippen molar-refractivity contribution in [3.63, 3.8) is 0 Å². The highest BCUT2D eigenvalue weighted by atomic mass is 16.2. The quantitative estimate of drug-likeness (QED) is 0.782. The van der Waals surface area contributed by atoms with Gasteiger partial charge in [-0.15, -0.1) is 0 Å². The predicted octanol–water partition coefficient (Wildman–Crippen LogP) is 0.449. The summed E-state index contributed by atoms with van der Waals surface area (Å²) >= 11 is 0. The Labute approximate surface area is 142 Å². The lowest BCUT2D eigenvalue weighted by Crippen LogP contribution is -2.61. The van der Waals surface area contributed by atoms with E-state index < -0.39 is 5.54 Å². The lowest BCUT2D eigenvalue weighted by Gasteiger charge is -2.40. The Hall–Kier alpha value is -1.89. The predicted molar refractivity (Wildman–Crippen MR) is 90.6 cm³/mol. The molecule has 2 aliphatic heterocycles. The molecule has 1 spiro atoms. The van der Waals surface area contributed by atoms with Crippen LogP contribution < -0.4 is 10.6 Å². The van der Waals surface area contributed by atoms with Gasteiger partial charge >= 0.3 is 0 Å². The average Bonchev–Trinajstić information content (AvgIpc) is 2.84. The van der Waals surface area contributed by atoms with Crippen LogP contribution in [0.5, 0.6) is 0 Å². The Balaban J connectivity index is 1.68. The van der Waals surface area contributed by atoms with Gasteiger partial charge in [0.05, 0.1) is 0 Å². The van der Waals surface area contributed by atoms with Gasteiger partial charge in [0.25, 0.3) is 5.91 Å². The van der Waals surface area contributed by atoms with E-state index in [0.717, 1.165) is 12.2 Å². The van der Waals surface area contributed by atoms with Gasteiger partial charge in [-0.05, 0) is 31.2 Å². The minimum Gasteiger partial charge on any atom is -0.354 e. The molecule has 7 nitrogen and oxygen atoms in total. The summed E-state index contributed by atoms with van der Waals surface area (Å²) in [6, 6.07) is 1.81. The second-order valence-corrected chi connectivity index (χ2v) is 7.87. The van der Waals surface area contributed by atoms with E-state index in [4.69, 9.17) is 0 Å². The van der Waals surface area contributed by atoms with Crippen molar-refractivity contribution in [3.05, 3.63) is 17.5 Å². The van der Waals surface area contributed by atoms with E-state index in [0.29, 0.717) is 38.2 Å². The number of carbonyl (C=O) groups is 2. The summed E-state index contributed by atoms with van der Waals surface area (Å²) < 4.78 is 1.71. The van der Waals surface area contributed by atoms with Gasteiger partial charge in [-0.1, -0.05) is 13.8 Å². The second kappa shape index (κ2) is 5.88. The maximum Gasteiger partial charge on any atom is 0.274 e. The molecule has 1 aromatic heterocycles. The number of aryl methyl sites for hydroxylation is 2. The van der Waals surface area contributed by atoms with E-state index in [-0.39, 0.29) is 17.2 Å². The fraction of sp³-hybridized carbons (Fsp3) is 0.706. The molecular weight excluding hydrogens is 306 g/mol. The van der Waals surface area contributed by atoms with Gasteiger partial charge in [-0.25, -0.2) is 0 Å². The monoisotopic (exact) mass is 333 g/mol. The Kier molecular flexibility index (Phi) is 4.15. The zero-order chi connectivity index (χ0) is 17.5. The third-order valence-corrected chi connectivity index (χ3v) is 5.30. The lowest BCUT2D eigenvalue weighted by atomic mass is 9.86. The Morgan fingerprint density at radius 3 is 2.50 bits per heavy atom. The summed E-state index contributed by atoms with van der Waals surface area (Å²) in [5, 5.41) is 10.8. The number of nitrogens with zero attached hydrogens (tertiary/aromatic N) is 3. The van der Waals surface area contributed by atoms with E-state index in [1.54, 1.807) is 9.58 Å².